The van der Waals surface area contributed by atoms with Crippen LogP contribution in [0.2, 0.25) is 5.02 Å². The molecule has 0 saturated carbocycles. The molecule has 0 aliphatic carbocycles. The highest BCUT2D eigenvalue weighted by Gasteiger charge is 2.18. The van der Waals surface area contributed by atoms with E-state index in [1.165, 1.54) is 0 Å². The van der Waals surface area contributed by atoms with Gasteiger partial charge in [-0.1, -0.05) is 27.5 Å². The number of nitrogens with one attached hydrogen (secondary N) is 1. The third-order valence-corrected chi connectivity index (χ3v) is 4.38. The first-order chi connectivity index (χ1) is 11.3. The largest absolute Gasteiger partial charge is 0.462 e. The molecule has 1 amide bonds. The zero-order chi connectivity index (χ0) is 17.9. The first kappa shape index (κ1) is 18.5. The monoisotopic (exact) mass is 412 g/mol. The lowest BCUT2D eigenvalue weighted by Gasteiger charge is -2.11. The number of carbonyl (C=O) groups excluding carboxylic acids is 2. The van der Waals surface area contributed by atoms with E-state index in [4.69, 9.17) is 16.3 Å². The molecule has 1 heterocycles. The van der Waals surface area contributed by atoms with Crippen molar-refractivity contribution in [1.82, 2.24) is 4.57 Å². The molecule has 1 aromatic heterocycles. The normalized spacial score (nSPS) is 10.5. The maximum absolute atomic E-state index is 12.3. The highest BCUT2D eigenvalue weighted by Crippen LogP contribution is 2.25. The predicted molar refractivity (Wildman–Crippen MR) is 97.6 cm³/mol. The quantitative estimate of drug-likeness (QED) is 0.742. The van der Waals surface area contributed by atoms with Crippen LogP contribution >= 0.6 is 27.5 Å². The van der Waals surface area contributed by atoms with Crippen molar-refractivity contribution in [2.45, 2.75) is 27.3 Å². The minimum atomic E-state index is -0.381. The van der Waals surface area contributed by atoms with Crippen LogP contribution in [0.15, 0.2) is 28.7 Å². The molecule has 0 spiro atoms. The molecule has 0 radical (unpaired) electrons. The number of hydrogen-bond donors (Lipinski definition) is 1. The van der Waals surface area contributed by atoms with E-state index >= 15 is 0 Å². The van der Waals surface area contributed by atoms with E-state index in [9.17, 15) is 9.59 Å². The fourth-order valence-corrected chi connectivity index (χ4v) is 3.10. The van der Waals surface area contributed by atoms with Gasteiger partial charge in [-0.25, -0.2) is 4.79 Å². The Balaban J connectivity index is 2.16. The lowest BCUT2D eigenvalue weighted by Crippen LogP contribution is -2.20. The van der Waals surface area contributed by atoms with Crippen molar-refractivity contribution in [3.63, 3.8) is 0 Å². The van der Waals surface area contributed by atoms with Crippen LogP contribution in [0.25, 0.3) is 0 Å². The van der Waals surface area contributed by atoms with E-state index in [0.29, 0.717) is 28.6 Å². The fraction of sp³-hybridized carbons (Fsp3) is 0.294. The number of benzene rings is 1. The number of halogens is 2. The third kappa shape index (κ3) is 4.19. The van der Waals surface area contributed by atoms with E-state index in [0.717, 1.165) is 10.2 Å². The zero-order valence-electron chi connectivity index (χ0n) is 13.7. The van der Waals surface area contributed by atoms with E-state index in [-0.39, 0.29) is 18.4 Å². The van der Waals surface area contributed by atoms with Crippen molar-refractivity contribution in [3.8, 4) is 0 Å². The van der Waals surface area contributed by atoms with Crippen LogP contribution in [0, 0.1) is 13.8 Å². The Bertz CT molecular complexity index is 786. The molecule has 5 nitrogen and oxygen atoms in total. The smallest absolute Gasteiger partial charge is 0.339 e. The highest BCUT2D eigenvalue weighted by molar-refractivity contribution is 9.10. The third-order valence-electron chi connectivity index (χ3n) is 3.58. The number of amides is 1. The average Bonchev–Trinajstić information content (AvgIpc) is 2.78. The zero-order valence-corrected chi connectivity index (χ0v) is 16.0. The highest BCUT2D eigenvalue weighted by atomic mass is 79.9. The summed E-state index contributed by atoms with van der Waals surface area (Å²) in [5.41, 5.74) is 2.53. The Morgan fingerprint density at radius 1 is 1.29 bits per heavy atom. The number of anilines is 1. The van der Waals surface area contributed by atoms with Crippen molar-refractivity contribution in [2.24, 2.45) is 0 Å². The molecule has 0 atom stereocenters. The van der Waals surface area contributed by atoms with Crippen LogP contribution in [0.3, 0.4) is 0 Å². The number of carbonyl (C=O) groups is 2. The van der Waals surface area contributed by atoms with E-state index < -0.39 is 0 Å². The SMILES string of the molecule is CCOC(=O)c1cc(C)n(CC(=O)Nc2ccc(Br)cc2Cl)c1C. The Hall–Kier alpha value is -1.79. The van der Waals surface area contributed by atoms with E-state index in [1.54, 1.807) is 42.7 Å². The van der Waals surface area contributed by atoms with Gasteiger partial charge in [-0.2, -0.15) is 0 Å². The summed E-state index contributed by atoms with van der Waals surface area (Å²) in [5.74, 6) is -0.607. The van der Waals surface area contributed by atoms with Crippen molar-refractivity contribution in [1.29, 1.82) is 0 Å². The van der Waals surface area contributed by atoms with Crippen molar-refractivity contribution < 1.29 is 14.3 Å². The Morgan fingerprint density at radius 2 is 2.00 bits per heavy atom. The number of esters is 1. The lowest BCUT2D eigenvalue weighted by molar-refractivity contribution is -0.116. The van der Waals surface area contributed by atoms with Gasteiger partial charge in [0.05, 0.1) is 22.9 Å². The molecule has 7 heteroatoms. The molecule has 1 aromatic carbocycles. The number of rotatable bonds is 5. The van der Waals surface area contributed by atoms with Crippen LogP contribution < -0.4 is 5.32 Å². The van der Waals surface area contributed by atoms with Crippen molar-refractivity contribution in [3.05, 3.63) is 50.7 Å². The molecule has 2 rings (SSSR count). The predicted octanol–water partition coefficient (Wildman–Crippen LogP) is 4.34. The standard InChI is InChI=1S/C17H18BrClN2O3/c1-4-24-17(23)13-7-10(2)21(11(13)3)9-16(22)20-15-6-5-12(18)8-14(15)19/h5-8H,4,9H2,1-3H3,(H,20,22). The molecule has 128 valence electrons. The van der Waals surface area contributed by atoms with Crippen LogP contribution in [-0.2, 0) is 16.1 Å². The number of ether oxygens (including phenoxy) is 1. The van der Waals surface area contributed by atoms with Gasteiger partial charge in [-0.3, -0.25) is 4.79 Å². The lowest BCUT2D eigenvalue weighted by atomic mass is 10.2. The fourth-order valence-electron chi connectivity index (χ4n) is 2.38. The number of nitrogens with zero attached hydrogens (tertiary/aromatic N) is 1. The van der Waals surface area contributed by atoms with Crippen LogP contribution in [0.5, 0.6) is 0 Å². The summed E-state index contributed by atoms with van der Waals surface area (Å²) in [4.78, 5) is 24.2. The average molecular weight is 414 g/mol. The summed E-state index contributed by atoms with van der Waals surface area (Å²) in [5, 5.41) is 3.23. The molecule has 0 fully saturated rings. The molecule has 0 saturated heterocycles. The van der Waals surface area contributed by atoms with E-state index in [2.05, 4.69) is 21.2 Å². The van der Waals surface area contributed by atoms with Crippen LogP contribution in [-0.4, -0.2) is 23.1 Å². The topological polar surface area (TPSA) is 60.3 Å². The second-order valence-electron chi connectivity index (χ2n) is 5.26. The summed E-state index contributed by atoms with van der Waals surface area (Å²) in [6, 6.07) is 6.96. The molecule has 0 unspecified atom stereocenters. The second-order valence-corrected chi connectivity index (χ2v) is 6.59. The molecule has 24 heavy (non-hydrogen) atoms. The molecule has 2 aromatic rings. The Kier molecular flexibility index (Phi) is 6.07. The van der Waals surface area contributed by atoms with Gasteiger partial charge in [0.15, 0.2) is 0 Å². The first-order valence-corrected chi connectivity index (χ1v) is 8.59. The van der Waals surface area contributed by atoms with Gasteiger partial charge in [0.25, 0.3) is 0 Å². The maximum atomic E-state index is 12.3. The summed E-state index contributed by atoms with van der Waals surface area (Å²) in [7, 11) is 0. The van der Waals surface area contributed by atoms with Gasteiger partial charge < -0.3 is 14.6 Å². The number of aromatic nitrogens is 1. The van der Waals surface area contributed by atoms with Gasteiger partial charge in [0.2, 0.25) is 5.91 Å². The number of aryl methyl sites for hydroxylation is 1. The van der Waals surface area contributed by atoms with Crippen LogP contribution in [0.1, 0.15) is 28.7 Å². The minimum absolute atomic E-state index is 0.0868. The summed E-state index contributed by atoms with van der Waals surface area (Å²) in [6.45, 7) is 5.79. The summed E-state index contributed by atoms with van der Waals surface area (Å²) < 4.78 is 7.64. The number of hydrogen-bond acceptors (Lipinski definition) is 3. The Labute approximate surface area is 154 Å². The second kappa shape index (κ2) is 7.85. The van der Waals surface area contributed by atoms with Crippen LogP contribution in [0.4, 0.5) is 5.69 Å². The molecule has 0 aliphatic heterocycles. The molecular formula is C17H18BrClN2O3. The van der Waals surface area contributed by atoms with E-state index in [1.807, 2.05) is 6.92 Å². The summed E-state index contributed by atoms with van der Waals surface area (Å²) >= 11 is 9.43. The Morgan fingerprint density at radius 3 is 2.62 bits per heavy atom. The van der Waals surface area contributed by atoms with Gasteiger partial charge in [0, 0.05) is 15.9 Å². The van der Waals surface area contributed by atoms with Gasteiger partial charge in [-0.15, -0.1) is 0 Å². The molecule has 0 aliphatic rings. The van der Waals surface area contributed by atoms with Gasteiger partial charge in [-0.05, 0) is 45.0 Å². The summed E-state index contributed by atoms with van der Waals surface area (Å²) in [6.07, 6.45) is 0. The maximum Gasteiger partial charge on any atom is 0.339 e. The molecule has 0 bridgehead atoms. The molecule has 1 N–H and O–H groups in total. The van der Waals surface area contributed by atoms with Crippen molar-refractivity contribution in [2.75, 3.05) is 11.9 Å². The first-order valence-electron chi connectivity index (χ1n) is 7.42. The molecular weight excluding hydrogens is 396 g/mol. The minimum Gasteiger partial charge on any atom is -0.462 e. The van der Waals surface area contributed by atoms with Gasteiger partial charge >= 0.3 is 5.97 Å². The van der Waals surface area contributed by atoms with Gasteiger partial charge in [0.1, 0.15) is 6.54 Å². The van der Waals surface area contributed by atoms with Crippen molar-refractivity contribution >= 4 is 45.1 Å².